The molecule has 4 atom stereocenters. The zero-order valence-corrected chi connectivity index (χ0v) is 11.9. The number of nitrogen functional groups attached to an aromatic ring is 2. The van der Waals surface area contributed by atoms with Crippen LogP contribution in [0.15, 0.2) is 6.20 Å². The van der Waals surface area contributed by atoms with Crippen molar-refractivity contribution >= 4 is 17.4 Å². The first-order valence-corrected chi connectivity index (χ1v) is 6.77. The zero-order valence-electron chi connectivity index (χ0n) is 11.9. The number of hydrogen-bond acceptors (Lipinski definition) is 9. The maximum absolute atomic E-state index is 10.6. The number of hydrogen-bond donors (Lipinski definition) is 5. The fourth-order valence-electron chi connectivity index (χ4n) is 2.74. The molecule has 0 unspecified atom stereocenters. The Bertz CT molecular complexity index is 702. The van der Waals surface area contributed by atoms with Gasteiger partial charge in [0, 0.05) is 6.42 Å². The first-order valence-electron chi connectivity index (χ1n) is 6.77. The van der Waals surface area contributed by atoms with Crippen molar-refractivity contribution in [1.29, 1.82) is 0 Å². The van der Waals surface area contributed by atoms with Crippen LogP contribution in [0.2, 0.25) is 0 Å². The molecule has 2 aromatic heterocycles. The molecule has 0 radical (unpaired) electrons. The van der Waals surface area contributed by atoms with Gasteiger partial charge in [0.2, 0.25) is 5.95 Å². The van der Waals surface area contributed by atoms with Crippen molar-refractivity contribution in [2.75, 3.05) is 18.1 Å². The molecule has 0 saturated carbocycles. The highest BCUT2D eigenvalue weighted by Crippen LogP contribution is 2.39. The van der Waals surface area contributed by atoms with Crippen LogP contribution < -0.4 is 11.5 Å². The molecule has 1 fully saturated rings. The molecule has 10 nitrogen and oxygen atoms in total. The predicted molar refractivity (Wildman–Crippen MR) is 75.6 cm³/mol. The van der Waals surface area contributed by atoms with Crippen LogP contribution in [0.25, 0.3) is 5.65 Å². The van der Waals surface area contributed by atoms with Crippen LogP contribution >= 0.6 is 0 Å². The van der Waals surface area contributed by atoms with E-state index in [-0.39, 0.29) is 30.4 Å². The second-order valence-electron chi connectivity index (χ2n) is 5.64. The number of nitrogens with zero attached hydrogens (tertiary/aromatic N) is 4. The second-order valence-corrected chi connectivity index (χ2v) is 5.64. The molecular weight excluding hydrogens is 292 g/mol. The summed E-state index contributed by atoms with van der Waals surface area (Å²) in [5.74, 6) is 0.0615. The van der Waals surface area contributed by atoms with E-state index in [1.165, 1.54) is 17.6 Å². The molecule has 0 bridgehead atoms. The van der Waals surface area contributed by atoms with Crippen molar-refractivity contribution in [3.8, 4) is 0 Å². The van der Waals surface area contributed by atoms with E-state index in [4.69, 9.17) is 16.2 Å². The van der Waals surface area contributed by atoms with Crippen LogP contribution in [-0.4, -0.2) is 59.3 Å². The number of aliphatic hydroxyl groups is 3. The van der Waals surface area contributed by atoms with Gasteiger partial charge in [-0.1, -0.05) is 0 Å². The Morgan fingerprint density at radius 1 is 1.50 bits per heavy atom. The van der Waals surface area contributed by atoms with E-state index in [1.54, 1.807) is 0 Å². The molecule has 1 aliphatic heterocycles. The molecule has 2 aromatic rings. The number of imidazole rings is 1. The third-order valence-corrected chi connectivity index (χ3v) is 3.81. The predicted octanol–water partition coefficient (Wildman–Crippen LogP) is -1.78. The van der Waals surface area contributed by atoms with E-state index in [0.29, 0.717) is 5.69 Å². The molecule has 120 valence electrons. The van der Waals surface area contributed by atoms with Crippen molar-refractivity contribution in [1.82, 2.24) is 19.6 Å². The Kier molecular flexibility index (Phi) is 3.40. The molecule has 22 heavy (non-hydrogen) atoms. The number of rotatable bonds is 2. The lowest BCUT2D eigenvalue weighted by Crippen LogP contribution is -2.51. The van der Waals surface area contributed by atoms with Crippen molar-refractivity contribution in [2.24, 2.45) is 0 Å². The van der Waals surface area contributed by atoms with Gasteiger partial charge in [0.15, 0.2) is 11.5 Å². The summed E-state index contributed by atoms with van der Waals surface area (Å²) in [4.78, 5) is 7.93. The van der Waals surface area contributed by atoms with E-state index in [0.717, 1.165) is 0 Å². The Balaban J connectivity index is 2.09. The first-order chi connectivity index (χ1) is 10.3. The number of nitrogens with two attached hydrogens (primary N) is 2. The van der Waals surface area contributed by atoms with Gasteiger partial charge in [0.05, 0.1) is 30.2 Å². The van der Waals surface area contributed by atoms with Crippen molar-refractivity contribution in [2.45, 2.75) is 37.3 Å². The molecule has 7 N–H and O–H groups in total. The smallest absolute Gasteiger partial charge is 0.240 e. The van der Waals surface area contributed by atoms with Gasteiger partial charge in [0.1, 0.15) is 12.2 Å². The van der Waals surface area contributed by atoms with E-state index in [1.807, 2.05) is 0 Å². The standard InChI is InChI=1S/C12H18N6O4/c1-12(21)2-6(20)7(4-19)22-8(12)5-3-15-10-9(13)16-11(14)17-18(5)10/h3,6-8,19-21H,2,4H2,1H3,(H4,13,14,16,17)/t6-,7+,8-,12+/m0/s1. The maximum Gasteiger partial charge on any atom is 0.240 e. The SMILES string of the molecule is C[C@@]1(O)C[C@H](O)[C@@H](CO)O[C@H]1c1cnc2c(N)nc(N)nn12. The van der Waals surface area contributed by atoms with Crippen LogP contribution in [0.5, 0.6) is 0 Å². The number of fused-ring (bicyclic) bond motifs is 1. The maximum atomic E-state index is 10.6. The Labute approximate surface area is 125 Å². The zero-order chi connectivity index (χ0) is 16.1. The van der Waals surface area contributed by atoms with Crippen molar-refractivity contribution in [3.05, 3.63) is 11.9 Å². The summed E-state index contributed by atoms with van der Waals surface area (Å²) >= 11 is 0. The number of ether oxygens (including phenoxy) is 1. The molecular formula is C12H18N6O4. The summed E-state index contributed by atoms with van der Waals surface area (Å²) in [7, 11) is 0. The van der Waals surface area contributed by atoms with Gasteiger partial charge in [-0.25, -0.2) is 9.50 Å². The minimum atomic E-state index is -1.38. The molecule has 3 heterocycles. The summed E-state index contributed by atoms with van der Waals surface area (Å²) in [6.07, 6.45) is -1.17. The average Bonchev–Trinajstić information content (AvgIpc) is 2.81. The summed E-state index contributed by atoms with van der Waals surface area (Å²) < 4.78 is 6.99. The first kappa shape index (κ1) is 14.9. The minimum absolute atomic E-state index is 0.0339. The van der Waals surface area contributed by atoms with Crippen LogP contribution in [0, 0.1) is 0 Å². The van der Waals surface area contributed by atoms with E-state index in [9.17, 15) is 15.3 Å². The molecule has 1 saturated heterocycles. The number of aliphatic hydroxyl groups excluding tert-OH is 2. The fraction of sp³-hybridized carbons (Fsp3) is 0.583. The topological polar surface area (TPSA) is 165 Å². The van der Waals surface area contributed by atoms with Gasteiger partial charge in [-0.3, -0.25) is 0 Å². The third kappa shape index (κ3) is 2.25. The molecule has 0 spiro atoms. The molecule has 3 rings (SSSR count). The Morgan fingerprint density at radius 2 is 2.23 bits per heavy atom. The Morgan fingerprint density at radius 3 is 2.91 bits per heavy atom. The largest absolute Gasteiger partial charge is 0.394 e. The summed E-state index contributed by atoms with van der Waals surface area (Å²) in [5, 5.41) is 33.8. The quantitative estimate of drug-likeness (QED) is 0.431. The van der Waals surface area contributed by atoms with Crippen LogP contribution in [0.1, 0.15) is 25.1 Å². The summed E-state index contributed by atoms with van der Waals surface area (Å²) in [6.45, 7) is 1.16. The highest BCUT2D eigenvalue weighted by Gasteiger charge is 2.46. The van der Waals surface area contributed by atoms with Crippen LogP contribution in [0.3, 0.4) is 0 Å². The van der Waals surface area contributed by atoms with E-state index >= 15 is 0 Å². The molecule has 0 aromatic carbocycles. The summed E-state index contributed by atoms with van der Waals surface area (Å²) in [6, 6.07) is 0. The molecule has 0 aliphatic carbocycles. The lowest BCUT2D eigenvalue weighted by Gasteiger charge is -2.42. The third-order valence-electron chi connectivity index (χ3n) is 3.81. The minimum Gasteiger partial charge on any atom is -0.394 e. The highest BCUT2D eigenvalue weighted by atomic mass is 16.5. The monoisotopic (exact) mass is 310 g/mol. The van der Waals surface area contributed by atoms with Gasteiger partial charge in [-0.05, 0) is 6.92 Å². The van der Waals surface area contributed by atoms with Crippen LogP contribution in [-0.2, 0) is 4.74 Å². The normalized spacial score (nSPS) is 32.5. The van der Waals surface area contributed by atoms with Crippen molar-refractivity contribution in [3.63, 3.8) is 0 Å². The lowest BCUT2D eigenvalue weighted by molar-refractivity contribution is -0.221. The second kappa shape index (κ2) is 5.02. The van der Waals surface area contributed by atoms with Gasteiger partial charge >= 0.3 is 0 Å². The molecule has 10 heteroatoms. The van der Waals surface area contributed by atoms with Crippen molar-refractivity contribution < 1.29 is 20.1 Å². The van der Waals surface area contributed by atoms with Gasteiger partial charge in [0.25, 0.3) is 0 Å². The van der Waals surface area contributed by atoms with Gasteiger partial charge in [-0.15, -0.1) is 5.10 Å². The lowest BCUT2D eigenvalue weighted by atomic mass is 9.85. The van der Waals surface area contributed by atoms with Gasteiger partial charge < -0.3 is 31.5 Å². The van der Waals surface area contributed by atoms with Crippen LogP contribution in [0.4, 0.5) is 11.8 Å². The number of aromatic nitrogens is 4. The average molecular weight is 310 g/mol. The van der Waals surface area contributed by atoms with E-state index < -0.39 is 23.9 Å². The molecule has 1 aliphatic rings. The molecule has 0 amide bonds. The Hall–Kier alpha value is -2.01. The fourth-order valence-corrected chi connectivity index (χ4v) is 2.74. The van der Waals surface area contributed by atoms with Gasteiger partial charge in [-0.2, -0.15) is 4.98 Å². The highest BCUT2D eigenvalue weighted by molar-refractivity contribution is 5.60. The summed E-state index contributed by atoms with van der Waals surface area (Å²) in [5.41, 5.74) is 10.7. The number of anilines is 2. The van der Waals surface area contributed by atoms with E-state index in [2.05, 4.69) is 15.1 Å².